The first-order valence-corrected chi connectivity index (χ1v) is 5.40. The van der Waals surface area contributed by atoms with Crippen LogP contribution in [0, 0.1) is 5.92 Å². The highest BCUT2D eigenvalue weighted by atomic mass is 79.9. The molecule has 0 bridgehead atoms. The quantitative estimate of drug-likeness (QED) is 0.864. The van der Waals surface area contributed by atoms with Gasteiger partial charge in [-0.25, -0.2) is 0 Å². The summed E-state index contributed by atoms with van der Waals surface area (Å²) in [5, 5.41) is 0. The summed E-state index contributed by atoms with van der Waals surface area (Å²) < 4.78 is 1.97. The molecule has 1 aromatic rings. The van der Waals surface area contributed by atoms with Crippen LogP contribution in [0.25, 0.3) is 0 Å². The Labute approximate surface area is 89.2 Å². The molecule has 3 N–H and O–H groups in total. The number of hydrogen-bond acceptors (Lipinski definition) is 1. The Morgan fingerprint density at radius 3 is 2.33 bits per heavy atom. The fourth-order valence-corrected chi connectivity index (χ4v) is 1.65. The summed E-state index contributed by atoms with van der Waals surface area (Å²) in [6.07, 6.45) is 0. The zero-order chi connectivity index (χ0) is 9.30. The van der Waals surface area contributed by atoms with Gasteiger partial charge in [0.25, 0.3) is 0 Å². The molecule has 0 amide bonds. The van der Waals surface area contributed by atoms with Gasteiger partial charge < -0.3 is 10.7 Å². The Balaban J connectivity index is 2.89. The van der Waals surface area contributed by atoms with Crippen LogP contribution in [-0.2, 0) is 0 Å². The molecule has 1 aromatic heterocycles. The third-order valence-corrected chi connectivity index (χ3v) is 3.61. The van der Waals surface area contributed by atoms with Crippen molar-refractivity contribution in [2.75, 3.05) is 0 Å². The maximum absolute atomic E-state index is 5.95. The van der Waals surface area contributed by atoms with Crippen molar-refractivity contribution in [3.05, 3.63) is 20.8 Å². The lowest BCUT2D eigenvalue weighted by atomic mass is 10.0. The second-order valence-corrected chi connectivity index (χ2v) is 4.80. The molecule has 68 valence electrons. The lowest BCUT2D eigenvalue weighted by Gasteiger charge is -2.13. The van der Waals surface area contributed by atoms with Gasteiger partial charge in [0.1, 0.15) is 0 Å². The molecule has 1 heterocycles. The summed E-state index contributed by atoms with van der Waals surface area (Å²) >= 11 is 6.78. The van der Waals surface area contributed by atoms with Gasteiger partial charge >= 0.3 is 0 Å². The van der Waals surface area contributed by atoms with Gasteiger partial charge in [-0.1, -0.05) is 13.8 Å². The second kappa shape index (κ2) is 3.94. The van der Waals surface area contributed by atoms with Crippen LogP contribution in [0.4, 0.5) is 0 Å². The molecular weight excluding hydrogens is 284 g/mol. The summed E-state index contributed by atoms with van der Waals surface area (Å²) in [6, 6.07) is 2.09. The fourth-order valence-electron chi connectivity index (χ4n) is 0.961. The number of aromatic amines is 1. The van der Waals surface area contributed by atoms with Crippen molar-refractivity contribution in [3.8, 4) is 0 Å². The van der Waals surface area contributed by atoms with E-state index in [0.29, 0.717) is 5.92 Å². The molecule has 12 heavy (non-hydrogen) atoms. The second-order valence-electron chi connectivity index (χ2n) is 3.16. The maximum atomic E-state index is 5.95. The number of halogens is 2. The highest BCUT2D eigenvalue weighted by Crippen LogP contribution is 2.27. The molecule has 0 radical (unpaired) electrons. The molecule has 2 nitrogen and oxygen atoms in total. The van der Waals surface area contributed by atoms with Gasteiger partial charge in [-0.2, -0.15) is 0 Å². The lowest BCUT2D eigenvalue weighted by molar-refractivity contribution is 0.504. The van der Waals surface area contributed by atoms with E-state index in [-0.39, 0.29) is 6.04 Å². The van der Waals surface area contributed by atoms with Crippen LogP contribution in [-0.4, -0.2) is 4.98 Å². The Morgan fingerprint density at radius 2 is 2.00 bits per heavy atom. The molecule has 0 fully saturated rings. The van der Waals surface area contributed by atoms with Crippen molar-refractivity contribution < 1.29 is 0 Å². The molecule has 0 aliphatic carbocycles. The Kier molecular flexibility index (Phi) is 3.37. The Hall–Kier alpha value is 0.200. The van der Waals surface area contributed by atoms with Gasteiger partial charge in [0.15, 0.2) is 0 Å². The fraction of sp³-hybridized carbons (Fsp3) is 0.500. The maximum Gasteiger partial charge on any atom is 0.0966 e. The van der Waals surface area contributed by atoms with Gasteiger partial charge in [-0.3, -0.25) is 0 Å². The van der Waals surface area contributed by atoms with Gasteiger partial charge in [0.05, 0.1) is 4.60 Å². The predicted octanol–water partition coefficient (Wildman–Crippen LogP) is 3.20. The van der Waals surface area contributed by atoms with Crippen molar-refractivity contribution in [1.82, 2.24) is 4.98 Å². The molecule has 0 spiro atoms. The summed E-state index contributed by atoms with van der Waals surface area (Å²) in [4.78, 5) is 3.17. The van der Waals surface area contributed by atoms with Crippen LogP contribution in [0.1, 0.15) is 25.6 Å². The van der Waals surface area contributed by atoms with Crippen molar-refractivity contribution in [2.45, 2.75) is 19.9 Å². The Bertz CT molecular complexity index is 249. The summed E-state index contributed by atoms with van der Waals surface area (Å²) in [6.45, 7) is 4.21. The van der Waals surface area contributed by atoms with Crippen LogP contribution in [0.5, 0.6) is 0 Å². The number of rotatable bonds is 2. The molecule has 0 aromatic carbocycles. The molecule has 1 rings (SSSR count). The molecule has 4 heteroatoms. The van der Waals surface area contributed by atoms with E-state index in [2.05, 4.69) is 50.7 Å². The van der Waals surface area contributed by atoms with E-state index in [1.807, 2.05) is 6.07 Å². The SMILES string of the molecule is CC(C)[C@H](N)c1cc(Br)c(Br)[nH]1. The molecule has 0 aliphatic heterocycles. The molecular formula is C8H12Br2N2. The lowest BCUT2D eigenvalue weighted by Crippen LogP contribution is -2.16. The predicted molar refractivity (Wildman–Crippen MR) is 58.0 cm³/mol. The number of hydrogen-bond donors (Lipinski definition) is 2. The van der Waals surface area contributed by atoms with Gasteiger partial charge in [-0.15, -0.1) is 0 Å². The molecule has 0 aliphatic rings. The van der Waals surface area contributed by atoms with Crippen molar-refractivity contribution in [2.24, 2.45) is 11.7 Å². The van der Waals surface area contributed by atoms with Crippen LogP contribution in [0.15, 0.2) is 15.1 Å². The number of H-pyrrole nitrogens is 1. The van der Waals surface area contributed by atoms with Gasteiger partial charge in [0.2, 0.25) is 0 Å². The zero-order valence-corrected chi connectivity index (χ0v) is 10.2. The van der Waals surface area contributed by atoms with Gasteiger partial charge in [0, 0.05) is 16.2 Å². The standard InChI is InChI=1S/C8H12Br2N2/c1-4(2)7(11)6-3-5(9)8(10)12-6/h3-4,7,12H,11H2,1-2H3/t7-/m0/s1. The molecule has 0 saturated heterocycles. The number of nitrogens with one attached hydrogen (secondary N) is 1. The van der Waals surface area contributed by atoms with Gasteiger partial charge in [-0.05, 0) is 43.8 Å². The topological polar surface area (TPSA) is 41.8 Å². The van der Waals surface area contributed by atoms with E-state index in [9.17, 15) is 0 Å². The van der Waals surface area contributed by atoms with E-state index >= 15 is 0 Å². The molecule has 0 unspecified atom stereocenters. The molecule has 1 atom stereocenters. The highest BCUT2D eigenvalue weighted by Gasteiger charge is 2.13. The first-order valence-electron chi connectivity index (χ1n) is 3.82. The smallest absolute Gasteiger partial charge is 0.0966 e. The Morgan fingerprint density at radius 1 is 1.42 bits per heavy atom. The average molecular weight is 296 g/mol. The van der Waals surface area contributed by atoms with E-state index in [4.69, 9.17) is 5.73 Å². The van der Waals surface area contributed by atoms with E-state index in [0.717, 1.165) is 14.8 Å². The van der Waals surface area contributed by atoms with Crippen molar-refractivity contribution in [3.63, 3.8) is 0 Å². The van der Waals surface area contributed by atoms with Crippen molar-refractivity contribution >= 4 is 31.9 Å². The normalized spacial score (nSPS) is 13.8. The summed E-state index contributed by atoms with van der Waals surface area (Å²) in [5.74, 6) is 0.447. The minimum absolute atomic E-state index is 0.0765. The van der Waals surface area contributed by atoms with Crippen LogP contribution >= 0.6 is 31.9 Å². The average Bonchev–Trinajstić information content (AvgIpc) is 2.30. The third-order valence-electron chi connectivity index (χ3n) is 1.82. The highest BCUT2D eigenvalue weighted by molar-refractivity contribution is 9.13. The van der Waals surface area contributed by atoms with Crippen LogP contribution in [0.3, 0.4) is 0 Å². The van der Waals surface area contributed by atoms with E-state index < -0.39 is 0 Å². The first-order chi connectivity index (χ1) is 5.52. The first kappa shape index (κ1) is 10.3. The number of nitrogens with two attached hydrogens (primary N) is 1. The number of aromatic nitrogens is 1. The van der Waals surface area contributed by atoms with Crippen LogP contribution in [0.2, 0.25) is 0 Å². The zero-order valence-electron chi connectivity index (χ0n) is 7.07. The largest absolute Gasteiger partial charge is 0.351 e. The minimum atomic E-state index is 0.0765. The third kappa shape index (κ3) is 2.12. The van der Waals surface area contributed by atoms with E-state index in [1.54, 1.807) is 0 Å². The van der Waals surface area contributed by atoms with E-state index in [1.165, 1.54) is 0 Å². The molecule has 0 saturated carbocycles. The monoisotopic (exact) mass is 294 g/mol. The minimum Gasteiger partial charge on any atom is -0.351 e. The summed E-state index contributed by atoms with van der Waals surface area (Å²) in [7, 11) is 0. The van der Waals surface area contributed by atoms with Crippen molar-refractivity contribution in [1.29, 1.82) is 0 Å². The van der Waals surface area contributed by atoms with Crippen LogP contribution < -0.4 is 5.73 Å². The summed E-state index contributed by atoms with van der Waals surface area (Å²) in [5.41, 5.74) is 7.01.